The van der Waals surface area contributed by atoms with Gasteiger partial charge in [0.15, 0.2) is 5.82 Å². The zero-order valence-corrected chi connectivity index (χ0v) is 23.9. The molecule has 0 spiro atoms. The van der Waals surface area contributed by atoms with Crippen LogP contribution in [0.15, 0.2) is 85.7 Å². The van der Waals surface area contributed by atoms with Gasteiger partial charge in [-0.3, -0.25) is 14.9 Å². The van der Waals surface area contributed by atoms with E-state index in [1.54, 1.807) is 12.4 Å². The fourth-order valence-electron chi connectivity index (χ4n) is 5.34. The third-order valence-electron chi connectivity index (χ3n) is 7.60. The third kappa shape index (κ3) is 5.73. The van der Waals surface area contributed by atoms with Crippen molar-refractivity contribution in [1.82, 2.24) is 34.9 Å². The summed E-state index contributed by atoms with van der Waals surface area (Å²) in [5.41, 5.74) is 8.08. The fraction of sp³-hybridized carbons (Fsp3) is 0.212. The Morgan fingerprint density at radius 3 is 2.64 bits per heavy atom. The Hall–Kier alpha value is -5.02. The van der Waals surface area contributed by atoms with E-state index in [0.717, 1.165) is 76.6 Å². The van der Waals surface area contributed by atoms with Gasteiger partial charge in [-0.2, -0.15) is 5.10 Å². The molecule has 4 heterocycles. The van der Waals surface area contributed by atoms with Gasteiger partial charge >= 0.3 is 0 Å². The van der Waals surface area contributed by atoms with Gasteiger partial charge in [0.05, 0.1) is 29.5 Å². The molecule has 0 bridgehead atoms. The predicted octanol–water partition coefficient (Wildman–Crippen LogP) is 5.28. The van der Waals surface area contributed by atoms with E-state index in [0.29, 0.717) is 17.9 Å². The quantitative estimate of drug-likeness (QED) is 0.224. The number of benzene rings is 2. The highest BCUT2D eigenvalue weighted by Gasteiger charge is 2.22. The van der Waals surface area contributed by atoms with Crippen LogP contribution in [0.2, 0.25) is 0 Å². The van der Waals surface area contributed by atoms with Gasteiger partial charge in [0.1, 0.15) is 11.4 Å². The normalized spacial score (nSPS) is 14.3. The van der Waals surface area contributed by atoms with Gasteiger partial charge in [-0.1, -0.05) is 49.1 Å². The Balaban J connectivity index is 1.27. The Morgan fingerprint density at radius 2 is 1.86 bits per heavy atom. The lowest BCUT2D eigenvalue weighted by molar-refractivity contribution is -0.115. The van der Waals surface area contributed by atoms with Crippen LogP contribution in [0.5, 0.6) is 0 Å². The number of H-pyrrole nitrogens is 2. The molecule has 0 atom stereocenters. The average molecular weight is 559 g/mol. The molecule has 3 N–H and O–H groups in total. The Labute approximate surface area is 245 Å². The number of hydrogen-bond acceptors (Lipinski definition) is 6. The number of allylic oxidation sites excluding steroid dienone is 2. The Kier molecular flexibility index (Phi) is 7.66. The Bertz CT molecular complexity index is 1760. The topological polar surface area (TPSA) is 106 Å². The van der Waals surface area contributed by atoms with E-state index in [2.05, 4.69) is 55.0 Å². The average Bonchev–Trinajstić information content (AvgIpc) is 3.60. The highest BCUT2D eigenvalue weighted by molar-refractivity contribution is 5.96. The molecule has 1 aliphatic rings. The molecular weight excluding hydrogens is 524 g/mol. The second-order valence-electron chi connectivity index (χ2n) is 10.6. The first kappa shape index (κ1) is 27.2. The number of hydrogen-bond donors (Lipinski definition) is 3. The number of likely N-dealkylation sites (N-methyl/N-ethyl adjacent to an activating group) is 1. The highest BCUT2D eigenvalue weighted by atomic mass is 16.1. The van der Waals surface area contributed by atoms with Gasteiger partial charge < -0.3 is 20.1 Å². The molecule has 6 rings (SSSR count). The van der Waals surface area contributed by atoms with Gasteiger partial charge in [0.25, 0.3) is 0 Å². The van der Waals surface area contributed by atoms with Crippen LogP contribution in [-0.4, -0.2) is 74.1 Å². The fourth-order valence-corrected chi connectivity index (χ4v) is 5.34. The number of fused-ring (bicyclic) bond motifs is 1. The zero-order chi connectivity index (χ0) is 29.1. The zero-order valence-electron chi connectivity index (χ0n) is 23.9. The van der Waals surface area contributed by atoms with E-state index in [1.807, 2.05) is 67.6 Å². The number of amides is 1. The number of piperazine rings is 1. The first-order chi connectivity index (χ1) is 20.5. The summed E-state index contributed by atoms with van der Waals surface area (Å²) in [7, 11) is 2.15. The van der Waals surface area contributed by atoms with Crippen LogP contribution in [0.3, 0.4) is 0 Å². The minimum Gasteiger partial charge on any atom is -0.367 e. The monoisotopic (exact) mass is 558 g/mol. The largest absolute Gasteiger partial charge is 0.367 e. The molecule has 1 amide bonds. The van der Waals surface area contributed by atoms with E-state index >= 15 is 0 Å². The molecule has 0 saturated carbocycles. The molecule has 2 aromatic carbocycles. The van der Waals surface area contributed by atoms with Crippen molar-refractivity contribution in [3.8, 4) is 22.6 Å². The van der Waals surface area contributed by atoms with E-state index in [9.17, 15) is 4.79 Å². The molecule has 3 aromatic heterocycles. The lowest BCUT2D eigenvalue weighted by atomic mass is 10.0. The Morgan fingerprint density at radius 1 is 1.05 bits per heavy atom. The van der Waals surface area contributed by atoms with Crippen molar-refractivity contribution in [2.24, 2.45) is 0 Å². The molecule has 9 nitrogen and oxygen atoms in total. The maximum Gasteiger partial charge on any atom is 0.228 e. The lowest BCUT2D eigenvalue weighted by Crippen LogP contribution is -2.43. The lowest BCUT2D eigenvalue weighted by Gasteiger charge is -2.35. The summed E-state index contributed by atoms with van der Waals surface area (Å²) in [5.74, 6) is 0.619. The first-order valence-corrected chi connectivity index (χ1v) is 14.1. The number of imidazole rings is 1. The first-order valence-electron chi connectivity index (χ1n) is 14.1. The van der Waals surface area contributed by atoms with Crippen LogP contribution in [0.1, 0.15) is 17.0 Å². The molecule has 5 aromatic rings. The summed E-state index contributed by atoms with van der Waals surface area (Å²) in [5, 5.41) is 11.7. The number of aromatic nitrogens is 5. The number of nitrogens with zero attached hydrogens (tertiary/aromatic N) is 5. The number of carbonyl (C=O) groups is 1. The maximum absolute atomic E-state index is 12.6. The van der Waals surface area contributed by atoms with Crippen molar-refractivity contribution in [3.63, 3.8) is 0 Å². The van der Waals surface area contributed by atoms with E-state index in [1.165, 1.54) is 0 Å². The summed E-state index contributed by atoms with van der Waals surface area (Å²) in [4.78, 5) is 30.2. The van der Waals surface area contributed by atoms with Crippen LogP contribution < -0.4 is 5.32 Å². The van der Waals surface area contributed by atoms with E-state index in [-0.39, 0.29) is 5.91 Å². The maximum atomic E-state index is 12.6. The van der Waals surface area contributed by atoms with Gasteiger partial charge in [-0.15, -0.1) is 0 Å². The van der Waals surface area contributed by atoms with Crippen molar-refractivity contribution in [3.05, 3.63) is 103 Å². The van der Waals surface area contributed by atoms with Crippen molar-refractivity contribution >= 4 is 28.2 Å². The van der Waals surface area contributed by atoms with Gasteiger partial charge in [-0.25, -0.2) is 4.98 Å². The molecular formula is C33H34N8O. The van der Waals surface area contributed by atoms with Crippen molar-refractivity contribution in [2.75, 3.05) is 38.5 Å². The minimum absolute atomic E-state index is 0.0850. The SMILES string of the molecule is C=C/C=C(\c1nc(-c2n[nH]c3ccc(-c4cncc(NC(=O)Cc5ccccc5)c4)cc23)[nH]c1C)N1CCN(C)CC1. The standard InChI is InChI=1S/C33H34N8O/c1-4-8-29(41-15-13-40(3)14-16-41)31-22(2)35-33(37-31)32-27-19-24(11-12-28(27)38-39-32)25-18-26(21-34-20-25)36-30(42)17-23-9-6-5-7-10-23/h4-12,18-21H,1,13-17H2,2-3H3,(H,35,37)(H,36,42)(H,38,39)/b29-8+. The number of carbonyl (C=O) groups excluding carboxylic acids is 1. The van der Waals surface area contributed by atoms with Gasteiger partial charge in [0, 0.05) is 49.0 Å². The van der Waals surface area contributed by atoms with Gasteiger partial charge in [0.2, 0.25) is 5.91 Å². The van der Waals surface area contributed by atoms with Gasteiger partial charge in [-0.05, 0) is 49.4 Å². The third-order valence-corrected chi connectivity index (χ3v) is 7.60. The highest BCUT2D eigenvalue weighted by Crippen LogP contribution is 2.32. The number of rotatable bonds is 8. The van der Waals surface area contributed by atoms with Crippen LogP contribution >= 0.6 is 0 Å². The van der Waals surface area contributed by atoms with Crippen LogP contribution in [-0.2, 0) is 11.2 Å². The molecule has 0 radical (unpaired) electrons. The van der Waals surface area contributed by atoms with Crippen LogP contribution in [0.25, 0.3) is 39.2 Å². The molecule has 1 saturated heterocycles. The second-order valence-corrected chi connectivity index (χ2v) is 10.6. The van der Waals surface area contributed by atoms with Crippen LogP contribution in [0.4, 0.5) is 5.69 Å². The second kappa shape index (κ2) is 11.8. The number of aromatic amines is 2. The summed E-state index contributed by atoms with van der Waals surface area (Å²) in [6.07, 6.45) is 7.63. The summed E-state index contributed by atoms with van der Waals surface area (Å²) >= 11 is 0. The number of anilines is 1. The number of pyridine rings is 1. The predicted molar refractivity (Wildman–Crippen MR) is 168 cm³/mol. The van der Waals surface area contributed by atoms with E-state index < -0.39 is 0 Å². The summed E-state index contributed by atoms with van der Waals surface area (Å²) in [6, 6.07) is 17.7. The molecule has 1 fully saturated rings. The molecule has 9 heteroatoms. The minimum atomic E-state index is -0.0850. The van der Waals surface area contributed by atoms with Crippen molar-refractivity contribution in [1.29, 1.82) is 0 Å². The molecule has 0 aliphatic carbocycles. The molecule has 212 valence electrons. The smallest absolute Gasteiger partial charge is 0.228 e. The van der Waals surface area contributed by atoms with E-state index in [4.69, 9.17) is 4.98 Å². The number of nitrogens with one attached hydrogen (secondary N) is 3. The molecule has 42 heavy (non-hydrogen) atoms. The van der Waals surface area contributed by atoms with Crippen molar-refractivity contribution < 1.29 is 4.79 Å². The van der Waals surface area contributed by atoms with Crippen molar-refractivity contribution in [2.45, 2.75) is 13.3 Å². The molecule has 1 aliphatic heterocycles. The molecule has 0 unspecified atom stereocenters. The summed E-state index contributed by atoms with van der Waals surface area (Å²) in [6.45, 7) is 9.87. The van der Waals surface area contributed by atoms with Crippen LogP contribution in [0, 0.1) is 6.92 Å². The number of aryl methyl sites for hydroxylation is 1. The summed E-state index contributed by atoms with van der Waals surface area (Å²) < 4.78 is 0.